The zero-order chi connectivity index (χ0) is 14.0. The van der Waals surface area contributed by atoms with Crippen LogP contribution in [-0.2, 0) is 10.0 Å². The number of hydrogen-bond donors (Lipinski definition) is 0. The van der Waals surface area contributed by atoms with Gasteiger partial charge in [-0.1, -0.05) is 46.9 Å². The van der Waals surface area contributed by atoms with E-state index in [1.54, 1.807) is 12.1 Å². The first-order valence-electron chi connectivity index (χ1n) is 5.08. The number of rotatable bonds is 3. The molecule has 0 aliphatic rings. The third-order valence-corrected chi connectivity index (χ3v) is 4.63. The maximum absolute atomic E-state index is 12.1. The van der Waals surface area contributed by atoms with E-state index in [1.807, 2.05) is 0 Å². The summed E-state index contributed by atoms with van der Waals surface area (Å²) in [5.74, 6) is 0. The van der Waals surface area contributed by atoms with E-state index in [1.165, 1.54) is 30.3 Å². The van der Waals surface area contributed by atoms with Crippen LogP contribution in [0.4, 0.5) is 5.69 Å². The molecule has 3 nitrogen and oxygen atoms in total. The summed E-state index contributed by atoms with van der Waals surface area (Å²) >= 11 is 17.4. The molecule has 0 saturated heterocycles. The Balaban J connectivity index is 2.36. The highest BCUT2D eigenvalue weighted by atomic mass is 35.5. The number of halogens is 3. The van der Waals surface area contributed by atoms with E-state index in [-0.39, 0.29) is 20.6 Å². The molecule has 0 unspecified atom stereocenters. The summed E-state index contributed by atoms with van der Waals surface area (Å²) in [4.78, 5) is 0.0351. The van der Waals surface area contributed by atoms with Crippen molar-refractivity contribution in [1.29, 1.82) is 0 Å². The molecule has 2 aromatic carbocycles. The molecule has 0 bridgehead atoms. The molecule has 7 heteroatoms. The minimum absolute atomic E-state index is 0.0351. The minimum Gasteiger partial charge on any atom is -0.571 e. The molecule has 0 aliphatic carbocycles. The van der Waals surface area contributed by atoms with Crippen LogP contribution in [0.3, 0.4) is 0 Å². The van der Waals surface area contributed by atoms with Crippen LogP contribution in [0.15, 0.2) is 47.4 Å². The molecular formula is C12H7Cl3NO2S-. The summed E-state index contributed by atoms with van der Waals surface area (Å²) < 4.78 is 27.8. The summed E-state index contributed by atoms with van der Waals surface area (Å²) in [6.07, 6.45) is 0. The Hall–Kier alpha value is -0.940. The van der Waals surface area contributed by atoms with Crippen LogP contribution >= 0.6 is 34.8 Å². The van der Waals surface area contributed by atoms with Crippen molar-refractivity contribution >= 4 is 50.5 Å². The maximum atomic E-state index is 12.1. The van der Waals surface area contributed by atoms with Crippen molar-refractivity contribution in [1.82, 2.24) is 0 Å². The van der Waals surface area contributed by atoms with Gasteiger partial charge in [0, 0.05) is 10.0 Å². The van der Waals surface area contributed by atoms with Gasteiger partial charge in [0.2, 0.25) is 0 Å². The van der Waals surface area contributed by atoms with Crippen molar-refractivity contribution < 1.29 is 8.42 Å². The van der Waals surface area contributed by atoms with E-state index < -0.39 is 10.0 Å². The van der Waals surface area contributed by atoms with Crippen molar-refractivity contribution in [3.8, 4) is 0 Å². The zero-order valence-corrected chi connectivity index (χ0v) is 12.4. The molecule has 100 valence electrons. The standard InChI is InChI=1S/C12H7Cl3NO2S/c13-8-4-6-9(7-5-8)19(17,18)16-11-3-1-2-10(14)12(11)15/h1-7H/q-1. The van der Waals surface area contributed by atoms with Crippen LogP contribution in [0, 0.1) is 0 Å². The maximum Gasteiger partial charge on any atom is 0.123 e. The Morgan fingerprint density at radius 3 is 2.16 bits per heavy atom. The van der Waals surface area contributed by atoms with Gasteiger partial charge >= 0.3 is 0 Å². The molecule has 0 N–H and O–H groups in total. The number of hydrogen-bond acceptors (Lipinski definition) is 2. The molecule has 0 fully saturated rings. The molecule has 0 radical (unpaired) electrons. The van der Waals surface area contributed by atoms with E-state index in [4.69, 9.17) is 34.8 Å². The van der Waals surface area contributed by atoms with Gasteiger partial charge < -0.3 is 4.72 Å². The van der Waals surface area contributed by atoms with Gasteiger partial charge in [-0.15, -0.1) is 5.69 Å². The average molecular weight is 336 g/mol. The van der Waals surface area contributed by atoms with Crippen molar-refractivity contribution in [3.63, 3.8) is 0 Å². The second kappa shape index (κ2) is 5.59. The molecule has 0 atom stereocenters. The van der Waals surface area contributed by atoms with Gasteiger partial charge in [-0.3, -0.25) is 0 Å². The number of nitrogens with zero attached hydrogens (tertiary/aromatic N) is 1. The van der Waals surface area contributed by atoms with E-state index in [0.29, 0.717) is 5.02 Å². The number of sulfonamides is 1. The molecular weight excluding hydrogens is 329 g/mol. The van der Waals surface area contributed by atoms with Crippen LogP contribution < -0.4 is 0 Å². The predicted octanol–water partition coefficient (Wildman–Crippen LogP) is 5.04. The smallest absolute Gasteiger partial charge is 0.123 e. The van der Waals surface area contributed by atoms with E-state index in [0.717, 1.165) is 0 Å². The van der Waals surface area contributed by atoms with Gasteiger partial charge in [-0.2, -0.15) is 0 Å². The molecule has 0 aliphatic heterocycles. The highest BCUT2D eigenvalue weighted by Crippen LogP contribution is 2.38. The van der Waals surface area contributed by atoms with Gasteiger partial charge in [-0.05, 0) is 30.3 Å². The highest BCUT2D eigenvalue weighted by molar-refractivity contribution is 7.94. The molecule has 0 spiro atoms. The van der Waals surface area contributed by atoms with Gasteiger partial charge in [0.1, 0.15) is 10.0 Å². The van der Waals surface area contributed by atoms with Crippen LogP contribution in [-0.4, -0.2) is 8.42 Å². The number of benzene rings is 2. The van der Waals surface area contributed by atoms with Gasteiger partial charge in [0.05, 0.1) is 9.92 Å². The van der Waals surface area contributed by atoms with E-state index in [2.05, 4.69) is 4.72 Å². The van der Waals surface area contributed by atoms with Gasteiger partial charge in [0.25, 0.3) is 0 Å². The van der Waals surface area contributed by atoms with Gasteiger partial charge in [-0.25, -0.2) is 8.42 Å². The van der Waals surface area contributed by atoms with Crippen LogP contribution in [0.25, 0.3) is 4.72 Å². The van der Waals surface area contributed by atoms with Crippen molar-refractivity contribution in [2.75, 3.05) is 0 Å². The fraction of sp³-hybridized carbons (Fsp3) is 0. The fourth-order valence-corrected chi connectivity index (χ4v) is 2.86. The largest absolute Gasteiger partial charge is 0.571 e. The highest BCUT2D eigenvalue weighted by Gasteiger charge is 2.06. The van der Waals surface area contributed by atoms with E-state index >= 15 is 0 Å². The molecule has 2 rings (SSSR count). The topological polar surface area (TPSA) is 48.2 Å². The molecule has 2 aromatic rings. The zero-order valence-electron chi connectivity index (χ0n) is 9.35. The Bertz CT molecular complexity index is 699. The lowest BCUT2D eigenvalue weighted by atomic mass is 10.3. The first-order valence-corrected chi connectivity index (χ1v) is 7.65. The lowest BCUT2D eigenvalue weighted by Gasteiger charge is -2.23. The summed E-state index contributed by atoms with van der Waals surface area (Å²) in [6.45, 7) is 0. The van der Waals surface area contributed by atoms with Crippen molar-refractivity contribution in [2.24, 2.45) is 0 Å². The fourth-order valence-electron chi connectivity index (χ4n) is 1.35. The molecule has 0 aromatic heterocycles. The summed E-state index contributed by atoms with van der Waals surface area (Å²) in [7, 11) is -3.85. The van der Waals surface area contributed by atoms with Crippen molar-refractivity contribution in [2.45, 2.75) is 4.90 Å². The molecule has 19 heavy (non-hydrogen) atoms. The minimum atomic E-state index is -3.85. The summed E-state index contributed by atoms with van der Waals surface area (Å²) in [5.41, 5.74) is 0.101. The molecule has 0 saturated carbocycles. The predicted molar refractivity (Wildman–Crippen MR) is 78.1 cm³/mol. The first-order chi connectivity index (χ1) is 8.90. The lowest BCUT2D eigenvalue weighted by molar-refractivity contribution is 0.603. The Labute approximate surface area is 126 Å². The van der Waals surface area contributed by atoms with Crippen LogP contribution in [0.1, 0.15) is 0 Å². The lowest BCUT2D eigenvalue weighted by Crippen LogP contribution is -1.97. The SMILES string of the molecule is O=S(=O)([N-]c1cccc(Cl)c1Cl)c1ccc(Cl)cc1. The second-order valence-corrected chi connectivity index (χ2v) is 6.42. The van der Waals surface area contributed by atoms with Gasteiger partial charge in [0.15, 0.2) is 0 Å². The second-order valence-electron chi connectivity index (χ2n) is 3.59. The van der Waals surface area contributed by atoms with E-state index in [9.17, 15) is 8.42 Å². The van der Waals surface area contributed by atoms with Crippen LogP contribution in [0.5, 0.6) is 0 Å². The molecule has 0 amide bonds. The monoisotopic (exact) mass is 334 g/mol. The third kappa shape index (κ3) is 3.34. The summed E-state index contributed by atoms with van der Waals surface area (Å²) in [5, 5.41) is 0.788. The summed E-state index contributed by atoms with van der Waals surface area (Å²) in [6, 6.07) is 10.3. The Morgan fingerprint density at radius 2 is 1.53 bits per heavy atom. The Morgan fingerprint density at radius 1 is 0.895 bits per heavy atom. The normalized spacial score (nSPS) is 11.3. The first kappa shape index (κ1) is 14.5. The quantitative estimate of drug-likeness (QED) is 0.788. The average Bonchev–Trinajstić information content (AvgIpc) is 2.35. The molecule has 0 heterocycles. The Kier molecular flexibility index (Phi) is 4.26. The third-order valence-electron chi connectivity index (χ3n) is 2.26. The van der Waals surface area contributed by atoms with Crippen molar-refractivity contribution in [3.05, 3.63) is 62.3 Å². The van der Waals surface area contributed by atoms with Crippen LogP contribution in [0.2, 0.25) is 15.1 Å².